The molecule has 0 amide bonds. The molecule has 0 fully saturated rings. The molecule has 0 radical (unpaired) electrons. The molecule has 1 heterocycles. The molecule has 1 aromatic carbocycles. The van der Waals surface area contributed by atoms with E-state index in [1.54, 1.807) is 11.3 Å². The predicted molar refractivity (Wildman–Crippen MR) is 80.8 cm³/mol. The van der Waals surface area contributed by atoms with Gasteiger partial charge in [0.2, 0.25) is 0 Å². The van der Waals surface area contributed by atoms with E-state index in [0.717, 1.165) is 28.6 Å². The van der Waals surface area contributed by atoms with Crippen LogP contribution in [0.15, 0.2) is 35.7 Å². The third-order valence-electron chi connectivity index (χ3n) is 2.74. The highest BCUT2D eigenvalue weighted by molar-refractivity contribution is 7.09. The van der Waals surface area contributed by atoms with Crippen LogP contribution in [0.4, 0.5) is 0 Å². The molecule has 1 atom stereocenters. The van der Waals surface area contributed by atoms with Gasteiger partial charge in [-0.15, -0.1) is 11.3 Å². The van der Waals surface area contributed by atoms with E-state index >= 15 is 0 Å². The zero-order valence-electron chi connectivity index (χ0n) is 10.1. The smallest absolute Gasteiger partial charge is 0.0451 e. The summed E-state index contributed by atoms with van der Waals surface area (Å²) in [7, 11) is 0. The molecule has 0 spiro atoms. The lowest BCUT2D eigenvalue weighted by Gasteiger charge is -2.13. The molecule has 0 aliphatic rings. The highest BCUT2D eigenvalue weighted by Crippen LogP contribution is 2.20. The molecule has 0 aliphatic carbocycles. The molecular weight excluding hydrogens is 285 g/mol. The highest BCUT2D eigenvalue weighted by Gasteiger charge is 2.06. The van der Waals surface area contributed by atoms with E-state index in [2.05, 4.69) is 29.8 Å². The summed E-state index contributed by atoms with van der Waals surface area (Å²) in [5, 5.41) is 7.06. The van der Waals surface area contributed by atoms with Crippen molar-refractivity contribution >= 4 is 34.5 Å². The van der Waals surface area contributed by atoms with Crippen molar-refractivity contribution in [2.24, 2.45) is 0 Å². The van der Waals surface area contributed by atoms with Gasteiger partial charge in [0.15, 0.2) is 0 Å². The molecule has 0 saturated carbocycles. The molecule has 1 aromatic heterocycles. The third-order valence-corrected chi connectivity index (χ3v) is 4.24. The van der Waals surface area contributed by atoms with E-state index in [1.807, 2.05) is 18.2 Å². The van der Waals surface area contributed by atoms with Gasteiger partial charge in [-0.05, 0) is 48.6 Å². The lowest BCUT2D eigenvalue weighted by atomic mass is 10.1. The maximum atomic E-state index is 6.13. The fourth-order valence-electron chi connectivity index (χ4n) is 1.77. The topological polar surface area (TPSA) is 12.0 Å². The van der Waals surface area contributed by atoms with Crippen molar-refractivity contribution in [1.82, 2.24) is 5.32 Å². The summed E-state index contributed by atoms with van der Waals surface area (Å²) in [6.45, 7) is 2.92. The predicted octanol–water partition coefficient (Wildman–Crippen LogP) is 4.78. The first-order valence-corrected chi connectivity index (χ1v) is 7.48. The first-order valence-electron chi connectivity index (χ1n) is 5.85. The summed E-state index contributed by atoms with van der Waals surface area (Å²) in [5.74, 6) is 0. The molecule has 0 bridgehead atoms. The number of nitrogens with one attached hydrogen (secondary N) is 1. The van der Waals surface area contributed by atoms with Gasteiger partial charge >= 0.3 is 0 Å². The summed E-state index contributed by atoms with van der Waals surface area (Å²) < 4.78 is 0. The molecule has 2 aromatic rings. The fourth-order valence-corrected chi connectivity index (χ4v) is 2.98. The maximum absolute atomic E-state index is 6.13. The number of hydrogen-bond donors (Lipinski definition) is 1. The highest BCUT2D eigenvalue weighted by atomic mass is 35.5. The van der Waals surface area contributed by atoms with Crippen LogP contribution in [0.2, 0.25) is 10.0 Å². The van der Waals surface area contributed by atoms with Gasteiger partial charge < -0.3 is 5.32 Å². The maximum Gasteiger partial charge on any atom is 0.0451 e. The number of thiophene rings is 1. The van der Waals surface area contributed by atoms with Gasteiger partial charge in [0.25, 0.3) is 0 Å². The lowest BCUT2D eigenvalue weighted by Crippen LogP contribution is -2.27. The van der Waals surface area contributed by atoms with Crippen LogP contribution in [0.5, 0.6) is 0 Å². The molecule has 1 N–H and O–H groups in total. The summed E-state index contributed by atoms with van der Waals surface area (Å²) in [5.41, 5.74) is 1.04. The second kappa shape index (κ2) is 6.58. The normalized spacial score (nSPS) is 12.6. The molecule has 2 rings (SSSR count). The van der Waals surface area contributed by atoms with Crippen LogP contribution in [0.3, 0.4) is 0 Å². The minimum Gasteiger partial charge on any atom is -0.310 e. The van der Waals surface area contributed by atoms with E-state index in [-0.39, 0.29) is 0 Å². The van der Waals surface area contributed by atoms with Gasteiger partial charge in [-0.3, -0.25) is 0 Å². The van der Waals surface area contributed by atoms with E-state index in [9.17, 15) is 0 Å². The molecule has 4 heteroatoms. The Labute approximate surface area is 122 Å². The van der Waals surface area contributed by atoms with Gasteiger partial charge in [-0.2, -0.15) is 0 Å². The SMILES string of the molecule is CC(Cc1cccs1)NCc1cc(Cl)ccc1Cl. The molecule has 18 heavy (non-hydrogen) atoms. The van der Waals surface area contributed by atoms with Crippen LogP contribution in [-0.2, 0) is 13.0 Å². The number of halogens is 2. The summed E-state index contributed by atoms with van der Waals surface area (Å²) in [4.78, 5) is 1.40. The molecule has 1 unspecified atom stereocenters. The van der Waals surface area contributed by atoms with Crippen LogP contribution in [-0.4, -0.2) is 6.04 Å². The molecule has 0 aliphatic heterocycles. The van der Waals surface area contributed by atoms with Crippen LogP contribution in [0.25, 0.3) is 0 Å². The van der Waals surface area contributed by atoms with Crippen molar-refractivity contribution in [1.29, 1.82) is 0 Å². The first kappa shape index (κ1) is 13.9. The van der Waals surface area contributed by atoms with Gasteiger partial charge in [0, 0.05) is 27.5 Å². The average Bonchev–Trinajstić information content (AvgIpc) is 2.83. The quantitative estimate of drug-likeness (QED) is 0.838. The molecule has 1 nitrogen and oxygen atoms in total. The van der Waals surface area contributed by atoms with Crippen molar-refractivity contribution in [2.45, 2.75) is 25.9 Å². The zero-order chi connectivity index (χ0) is 13.0. The standard InChI is InChI=1S/C14H15Cl2NS/c1-10(7-13-3-2-6-18-13)17-9-11-8-12(15)4-5-14(11)16/h2-6,8,10,17H,7,9H2,1H3. The fraction of sp³-hybridized carbons (Fsp3) is 0.286. The minimum absolute atomic E-state index is 0.415. The number of benzene rings is 1. The second-order valence-electron chi connectivity index (χ2n) is 4.30. The Hall–Kier alpha value is -0.540. The second-order valence-corrected chi connectivity index (χ2v) is 6.18. The Morgan fingerprint density at radius 1 is 1.28 bits per heavy atom. The summed E-state index contributed by atoms with van der Waals surface area (Å²) in [6.07, 6.45) is 1.04. The van der Waals surface area contributed by atoms with E-state index < -0.39 is 0 Å². The summed E-state index contributed by atoms with van der Waals surface area (Å²) in [6, 6.07) is 10.2. The van der Waals surface area contributed by atoms with Crippen LogP contribution in [0.1, 0.15) is 17.4 Å². The van der Waals surface area contributed by atoms with Crippen molar-refractivity contribution in [2.75, 3.05) is 0 Å². The van der Waals surface area contributed by atoms with Gasteiger partial charge in [0.1, 0.15) is 0 Å². The minimum atomic E-state index is 0.415. The molecule has 0 saturated heterocycles. The summed E-state index contributed by atoms with van der Waals surface area (Å²) >= 11 is 13.9. The Morgan fingerprint density at radius 3 is 2.83 bits per heavy atom. The largest absolute Gasteiger partial charge is 0.310 e. The van der Waals surface area contributed by atoms with Gasteiger partial charge in [-0.25, -0.2) is 0 Å². The van der Waals surface area contributed by atoms with E-state index in [1.165, 1.54) is 4.88 Å². The monoisotopic (exact) mass is 299 g/mol. The van der Waals surface area contributed by atoms with Gasteiger partial charge in [0.05, 0.1) is 0 Å². The van der Waals surface area contributed by atoms with Crippen LogP contribution >= 0.6 is 34.5 Å². The van der Waals surface area contributed by atoms with Crippen molar-refractivity contribution in [3.05, 3.63) is 56.2 Å². The van der Waals surface area contributed by atoms with Crippen LogP contribution in [0, 0.1) is 0 Å². The zero-order valence-corrected chi connectivity index (χ0v) is 12.4. The van der Waals surface area contributed by atoms with Crippen molar-refractivity contribution in [3.8, 4) is 0 Å². The molecular formula is C14H15Cl2NS. The van der Waals surface area contributed by atoms with E-state index in [0.29, 0.717) is 6.04 Å². The lowest BCUT2D eigenvalue weighted by molar-refractivity contribution is 0.549. The Balaban J connectivity index is 1.89. The Bertz CT molecular complexity index is 497. The van der Waals surface area contributed by atoms with Crippen LogP contribution < -0.4 is 5.32 Å². The third kappa shape index (κ3) is 3.99. The average molecular weight is 300 g/mol. The van der Waals surface area contributed by atoms with Gasteiger partial charge in [-0.1, -0.05) is 29.3 Å². The van der Waals surface area contributed by atoms with Crippen molar-refractivity contribution < 1.29 is 0 Å². The van der Waals surface area contributed by atoms with Crippen molar-refractivity contribution in [3.63, 3.8) is 0 Å². The Kier molecular flexibility index (Phi) is 5.07. The first-order chi connectivity index (χ1) is 8.65. The molecule has 96 valence electrons. The van der Waals surface area contributed by atoms with E-state index in [4.69, 9.17) is 23.2 Å². The number of rotatable bonds is 5. The number of hydrogen-bond acceptors (Lipinski definition) is 2. The Morgan fingerprint density at radius 2 is 2.11 bits per heavy atom.